The van der Waals surface area contributed by atoms with E-state index in [1.54, 1.807) is 0 Å². The molecule has 19 heavy (non-hydrogen) atoms. The van der Waals surface area contributed by atoms with E-state index in [-0.39, 0.29) is 6.04 Å². The van der Waals surface area contributed by atoms with Gasteiger partial charge in [0.15, 0.2) is 0 Å². The molecule has 2 aliphatic rings. The molecule has 1 aromatic rings. The highest BCUT2D eigenvalue weighted by molar-refractivity contribution is 5.23. The van der Waals surface area contributed by atoms with Gasteiger partial charge in [-0.2, -0.15) is 13.2 Å². The summed E-state index contributed by atoms with van der Waals surface area (Å²) in [7, 11) is 0. The quantitative estimate of drug-likeness (QED) is 0.898. The van der Waals surface area contributed by atoms with Gasteiger partial charge in [-0.25, -0.2) is 4.98 Å². The van der Waals surface area contributed by atoms with E-state index in [2.05, 4.69) is 10.3 Å². The van der Waals surface area contributed by atoms with Crippen molar-refractivity contribution in [1.29, 1.82) is 0 Å². The molecule has 3 rings (SSSR count). The van der Waals surface area contributed by atoms with Gasteiger partial charge < -0.3 is 9.88 Å². The summed E-state index contributed by atoms with van der Waals surface area (Å²) >= 11 is 0. The zero-order valence-electron chi connectivity index (χ0n) is 10.9. The average molecular weight is 273 g/mol. The monoisotopic (exact) mass is 273 g/mol. The first-order valence-corrected chi connectivity index (χ1v) is 6.86. The van der Waals surface area contributed by atoms with Gasteiger partial charge in [0.2, 0.25) is 5.82 Å². The molecule has 1 fully saturated rings. The molecule has 0 aromatic carbocycles. The topological polar surface area (TPSA) is 29.9 Å². The summed E-state index contributed by atoms with van der Waals surface area (Å²) in [4.78, 5) is 3.86. The molecule has 3 nitrogen and oxygen atoms in total. The SMILES string of the molecule is CC(C1CCC1)n1c(C(F)(F)F)nc2c1CCNC2. The van der Waals surface area contributed by atoms with Gasteiger partial charge in [0.05, 0.1) is 5.69 Å². The van der Waals surface area contributed by atoms with Crippen LogP contribution in [0.2, 0.25) is 0 Å². The van der Waals surface area contributed by atoms with E-state index in [1.165, 1.54) is 4.57 Å². The van der Waals surface area contributed by atoms with Crippen LogP contribution in [0, 0.1) is 5.92 Å². The molecular weight excluding hydrogens is 255 g/mol. The highest BCUT2D eigenvalue weighted by Crippen LogP contribution is 2.41. The molecule has 106 valence electrons. The fourth-order valence-electron chi connectivity index (χ4n) is 3.10. The Hall–Kier alpha value is -1.04. The molecule has 1 atom stereocenters. The normalized spacial score (nSPS) is 21.9. The molecule has 0 bridgehead atoms. The lowest BCUT2D eigenvalue weighted by Crippen LogP contribution is -2.30. The van der Waals surface area contributed by atoms with Gasteiger partial charge in [0.25, 0.3) is 0 Å². The van der Waals surface area contributed by atoms with Crippen LogP contribution >= 0.6 is 0 Å². The number of imidazole rings is 1. The van der Waals surface area contributed by atoms with Crippen LogP contribution in [-0.4, -0.2) is 16.1 Å². The molecule has 1 saturated carbocycles. The van der Waals surface area contributed by atoms with Crippen molar-refractivity contribution in [3.8, 4) is 0 Å². The lowest BCUT2D eigenvalue weighted by atomic mass is 9.80. The summed E-state index contributed by atoms with van der Waals surface area (Å²) in [5.74, 6) is -0.338. The minimum absolute atomic E-state index is 0.0975. The summed E-state index contributed by atoms with van der Waals surface area (Å²) in [6, 6.07) is -0.0975. The maximum absolute atomic E-state index is 13.2. The van der Waals surface area contributed by atoms with E-state index >= 15 is 0 Å². The molecule has 6 heteroatoms. The van der Waals surface area contributed by atoms with Crippen LogP contribution in [0.5, 0.6) is 0 Å². The first kappa shape index (κ1) is 13.0. The lowest BCUT2D eigenvalue weighted by Gasteiger charge is -2.34. The second kappa shape index (κ2) is 4.51. The molecule has 1 aliphatic heterocycles. The number of aromatic nitrogens is 2. The Labute approximate surface area is 110 Å². The van der Waals surface area contributed by atoms with Crippen LogP contribution in [0.25, 0.3) is 0 Å². The van der Waals surface area contributed by atoms with Crippen molar-refractivity contribution in [2.24, 2.45) is 5.92 Å². The first-order valence-electron chi connectivity index (χ1n) is 6.86. The molecule has 1 aliphatic carbocycles. The Morgan fingerprint density at radius 3 is 2.68 bits per heavy atom. The number of halogens is 3. The summed E-state index contributed by atoms with van der Waals surface area (Å²) in [5.41, 5.74) is 1.36. The van der Waals surface area contributed by atoms with Crippen LogP contribution in [0.1, 0.15) is 49.4 Å². The predicted octanol–water partition coefficient (Wildman–Crippen LogP) is 2.91. The fraction of sp³-hybridized carbons (Fsp3) is 0.769. The smallest absolute Gasteiger partial charge is 0.321 e. The molecule has 1 unspecified atom stereocenters. The number of nitrogens with zero attached hydrogens (tertiary/aromatic N) is 2. The van der Waals surface area contributed by atoms with E-state index in [0.717, 1.165) is 31.5 Å². The molecule has 0 amide bonds. The minimum Gasteiger partial charge on any atom is -0.321 e. The van der Waals surface area contributed by atoms with E-state index in [4.69, 9.17) is 0 Å². The Kier molecular flexibility index (Phi) is 3.08. The largest absolute Gasteiger partial charge is 0.449 e. The van der Waals surface area contributed by atoms with Crippen molar-refractivity contribution >= 4 is 0 Å². The Bertz CT molecular complexity index is 474. The molecular formula is C13H18F3N3. The molecule has 2 heterocycles. The Morgan fingerprint density at radius 2 is 2.11 bits per heavy atom. The number of rotatable bonds is 2. The Balaban J connectivity index is 2.05. The molecule has 0 saturated heterocycles. The van der Waals surface area contributed by atoms with E-state index < -0.39 is 12.0 Å². The second-order valence-electron chi connectivity index (χ2n) is 5.55. The third kappa shape index (κ3) is 2.16. The third-order valence-electron chi connectivity index (χ3n) is 4.42. The zero-order valence-corrected chi connectivity index (χ0v) is 10.9. The van der Waals surface area contributed by atoms with Crippen LogP contribution in [0.3, 0.4) is 0 Å². The molecule has 1 N–H and O–H groups in total. The van der Waals surface area contributed by atoms with Crippen molar-refractivity contribution in [2.45, 2.75) is 51.4 Å². The van der Waals surface area contributed by atoms with E-state index in [1.807, 2.05) is 6.92 Å². The first-order chi connectivity index (χ1) is 8.98. The highest BCUT2D eigenvalue weighted by atomic mass is 19.4. The van der Waals surface area contributed by atoms with Gasteiger partial charge in [-0.1, -0.05) is 6.42 Å². The van der Waals surface area contributed by atoms with Crippen molar-refractivity contribution < 1.29 is 13.2 Å². The lowest BCUT2D eigenvalue weighted by molar-refractivity contribution is -0.148. The van der Waals surface area contributed by atoms with Gasteiger partial charge >= 0.3 is 6.18 Å². The molecule has 0 radical (unpaired) electrons. The number of fused-ring (bicyclic) bond motifs is 1. The van der Waals surface area contributed by atoms with E-state index in [9.17, 15) is 13.2 Å². The Morgan fingerprint density at radius 1 is 1.37 bits per heavy atom. The van der Waals surface area contributed by atoms with Gasteiger partial charge in [-0.05, 0) is 25.7 Å². The van der Waals surface area contributed by atoms with E-state index in [0.29, 0.717) is 24.6 Å². The minimum atomic E-state index is -4.37. The number of hydrogen-bond acceptors (Lipinski definition) is 2. The number of hydrogen-bond donors (Lipinski definition) is 1. The maximum atomic E-state index is 13.2. The van der Waals surface area contributed by atoms with Crippen molar-refractivity contribution in [2.75, 3.05) is 6.54 Å². The van der Waals surface area contributed by atoms with Crippen molar-refractivity contribution in [3.63, 3.8) is 0 Å². The average Bonchev–Trinajstić information content (AvgIpc) is 2.65. The second-order valence-corrected chi connectivity index (χ2v) is 5.55. The van der Waals surface area contributed by atoms with Gasteiger partial charge in [-0.3, -0.25) is 0 Å². The van der Waals surface area contributed by atoms with Crippen LogP contribution in [0.15, 0.2) is 0 Å². The fourth-order valence-corrected chi connectivity index (χ4v) is 3.10. The van der Waals surface area contributed by atoms with Crippen LogP contribution in [0.4, 0.5) is 13.2 Å². The number of nitrogens with one attached hydrogen (secondary N) is 1. The maximum Gasteiger partial charge on any atom is 0.449 e. The summed E-state index contributed by atoms with van der Waals surface area (Å²) in [5, 5.41) is 3.09. The molecule has 1 aromatic heterocycles. The van der Waals surface area contributed by atoms with Crippen LogP contribution < -0.4 is 5.32 Å². The predicted molar refractivity (Wildman–Crippen MR) is 64.7 cm³/mol. The van der Waals surface area contributed by atoms with Gasteiger partial charge in [0, 0.05) is 31.2 Å². The van der Waals surface area contributed by atoms with Gasteiger partial charge in [0.1, 0.15) is 0 Å². The zero-order chi connectivity index (χ0) is 13.6. The van der Waals surface area contributed by atoms with Crippen molar-refractivity contribution in [1.82, 2.24) is 14.9 Å². The van der Waals surface area contributed by atoms with Crippen LogP contribution in [-0.2, 0) is 19.1 Å². The summed E-state index contributed by atoms with van der Waals surface area (Å²) in [6.07, 6.45) is -0.535. The highest BCUT2D eigenvalue weighted by Gasteiger charge is 2.41. The summed E-state index contributed by atoms with van der Waals surface area (Å²) in [6.45, 7) is 3.08. The van der Waals surface area contributed by atoms with Crippen molar-refractivity contribution in [3.05, 3.63) is 17.2 Å². The number of alkyl halides is 3. The summed E-state index contributed by atoms with van der Waals surface area (Å²) < 4.78 is 41.0. The standard InChI is InChI=1S/C13H18F3N3/c1-8(9-3-2-4-9)19-11-5-6-17-7-10(11)18-12(19)13(14,15)16/h8-9,17H,2-7H2,1H3. The molecule has 0 spiro atoms. The third-order valence-corrected chi connectivity index (χ3v) is 4.42. The van der Waals surface area contributed by atoms with Gasteiger partial charge in [-0.15, -0.1) is 0 Å².